The minimum absolute atomic E-state index is 0.0182. The first-order valence-corrected chi connectivity index (χ1v) is 9.22. The standard InChI is InChI=1S/C18H22F3N5O2/c1-12-9-14(18(19,20)21)26-15(22-12)10-13(23-26)16(27)25-6-5-24(2)17(11-25)3-7-28-8-4-17/h9-10H,3-8,11H2,1-2H3. The molecule has 0 N–H and O–H groups in total. The predicted molar refractivity (Wildman–Crippen MR) is 94.0 cm³/mol. The molecule has 0 aromatic carbocycles. The van der Waals surface area contributed by atoms with E-state index in [-0.39, 0.29) is 28.5 Å². The van der Waals surface area contributed by atoms with Crippen molar-refractivity contribution in [3.05, 3.63) is 29.2 Å². The third-order valence-corrected chi connectivity index (χ3v) is 5.78. The molecule has 2 aliphatic heterocycles. The van der Waals surface area contributed by atoms with Crippen molar-refractivity contribution < 1.29 is 22.7 Å². The van der Waals surface area contributed by atoms with Gasteiger partial charge in [-0.15, -0.1) is 0 Å². The van der Waals surface area contributed by atoms with Crippen molar-refractivity contribution in [2.75, 3.05) is 39.9 Å². The fraction of sp³-hybridized carbons (Fsp3) is 0.611. The second-order valence-electron chi connectivity index (χ2n) is 7.57. The van der Waals surface area contributed by atoms with Crippen LogP contribution in [0, 0.1) is 6.92 Å². The lowest BCUT2D eigenvalue weighted by molar-refractivity contribution is -0.142. The third-order valence-electron chi connectivity index (χ3n) is 5.78. The summed E-state index contributed by atoms with van der Waals surface area (Å²) < 4.78 is 46.2. The van der Waals surface area contributed by atoms with Crippen LogP contribution in [0.3, 0.4) is 0 Å². The lowest BCUT2D eigenvalue weighted by Crippen LogP contribution is -2.63. The zero-order valence-corrected chi connectivity index (χ0v) is 15.8. The number of aromatic nitrogens is 3. The molecule has 4 rings (SSSR count). The number of halogens is 3. The van der Waals surface area contributed by atoms with Gasteiger partial charge in [0.25, 0.3) is 5.91 Å². The lowest BCUT2D eigenvalue weighted by atomic mass is 9.86. The fourth-order valence-electron chi connectivity index (χ4n) is 4.10. The molecule has 2 aliphatic rings. The molecule has 1 spiro atoms. The Bertz CT molecular complexity index is 904. The van der Waals surface area contributed by atoms with Crippen molar-refractivity contribution in [3.63, 3.8) is 0 Å². The summed E-state index contributed by atoms with van der Waals surface area (Å²) in [6, 6.07) is 2.26. The average molecular weight is 397 g/mol. The van der Waals surface area contributed by atoms with Crippen LogP contribution in [0.2, 0.25) is 0 Å². The van der Waals surface area contributed by atoms with Crippen LogP contribution in [0.5, 0.6) is 0 Å². The molecular formula is C18H22F3N5O2. The van der Waals surface area contributed by atoms with Crippen LogP contribution in [0.15, 0.2) is 12.1 Å². The first kappa shape index (κ1) is 19.1. The molecule has 0 unspecified atom stereocenters. The number of hydrogen-bond acceptors (Lipinski definition) is 5. The number of nitrogens with zero attached hydrogens (tertiary/aromatic N) is 5. The van der Waals surface area contributed by atoms with Gasteiger partial charge in [-0.1, -0.05) is 0 Å². The summed E-state index contributed by atoms with van der Waals surface area (Å²) >= 11 is 0. The van der Waals surface area contributed by atoms with Gasteiger partial charge in [-0.05, 0) is 32.9 Å². The second-order valence-corrected chi connectivity index (χ2v) is 7.57. The van der Waals surface area contributed by atoms with E-state index in [9.17, 15) is 18.0 Å². The van der Waals surface area contributed by atoms with E-state index < -0.39 is 11.9 Å². The molecule has 1 amide bonds. The van der Waals surface area contributed by atoms with Crippen molar-refractivity contribution in [1.29, 1.82) is 0 Å². The summed E-state index contributed by atoms with van der Waals surface area (Å²) in [5.41, 5.74) is -0.870. The van der Waals surface area contributed by atoms with Crippen molar-refractivity contribution in [2.24, 2.45) is 0 Å². The van der Waals surface area contributed by atoms with Crippen LogP contribution >= 0.6 is 0 Å². The molecule has 0 saturated carbocycles. The number of likely N-dealkylation sites (N-methyl/N-ethyl adjacent to an activating group) is 1. The number of amides is 1. The van der Waals surface area contributed by atoms with Gasteiger partial charge in [-0.25, -0.2) is 9.50 Å². The summed E-state index contributed by atoms with van der Waals surface area (Å²) in [4.78, 5) is 21.1. The van der Waals surface area contributed by atoms with Crippen molar-refractivity contribution in [3.8, 4) is 0 Å². The van der Waals surface area contributed by atoms with Crippen molar-refractivity contribution in [1.82, 2.24) is 24.4 Å². The highest BCUT2D eigenvalue weighted by Crippen LogP contribution is 2.32. The number of piperazine rings is 1. The number of rotatable bonds is 1. The number of carbonyl (C=O) groups excluding carboxylic acids is 1. The van der Waals surface area contributed by atoms with Crippen LogP contribution in [0.1, 0.15) is 34.7 Å². The summed E-state index contributed by atoms with van der Waals surface area (Å²) in [6.45, 7) is 4.48. The van der Waals surface area contributed by atoms with Gasteiger partial charge in [-0.2, -0.15) is 18.3 Å². The molecule has 2 aromatic heterocycles. The summed E-state index contributed by atoms with van der Waals surface area (Å²) in [5.74, 6) is -0.366. The van der Waals surface area contributed by atoms with Crippen molar-refractivity contribution >= 4 is 11.6 Å². The van der Waals surface area contributed by atoms with Gasteiger partial charge in [0.1, 0.15) is 5.69 Å². The Morgan fingerprint density at radius 1 is 1.21 bits per heavy atom. The minimum atomic E-state index is -4.59. The number of fused-ring (bicyclic) bond motifs is 1. The van der Waals surface area contributed by atoms with E-state index in [1.807, 2.05) is 7.05 Å². The van der Waals surface area contributed by atoms with E-state index in [4.69, 9.17) is 4.74 Å². The average Bonchev–Trinajstić information content (AvgIpc) is 3.06. The molecule has 152 valence electrons. The quantitative estimate of drug-likeness (QED) is 0.737. The smallest absolute Gasteiger partial charge is 0.381 e. The molecular weight excluding hydrogens is 375 g/mol. The van der Waals surface area contributed by atoms with E-state index in [1.54, 1.807) is 4.90 Å². The molecule has 28 heavy (non-hydrogen) atoms. The maximum atomic E-state index is 13.3. The van der Waals surface area contributed by atoms with Gasteiger partial charge in [-0.3, -0.25) is 9.69 Å². The molecule has 0 atom stereocenters. The monoisotopic (exact) mass is 397 g/mol. The number of aryl methyl sites for hydroxylation is 1. The van der Waals surface area contributed by atoms with E-state index in [0.29, 0.717) is 37.4 Å². The van der Waals surface area contributed by atoms with Crippen LogP contribution in [-0.2, 0) is 10.9 Å². The molecule has 2 aromatic rings. The highest BCUT2D eigenvalue weighted by atomic mass is 19.4. The Hall–Kier alpha value is -2.20. The molecule has 4 heterocycles. The topological polar surface area (TPSA) is 63.0 Å². The zero-order valence-electron chi connectivity index (χ0n) is 15.8. The van der Waals surface area contributed by atoms with Gasteiger partial charge in [0, 0.05) is 50.1 Å². The van der Waals surface area contributed by atoms with Gasteiger partial charge in [0.05, 0.1) is 0 Å². The Labute approximate surface area is 160 Å². The van der Waals surface area contributed by atoms with E-state index in [0.717, 1.165) is 18.9 Å². The summed E-state index contributed by atoms with van der Waals surface area (Å²) in [5, 5.41) is 3.95. The normalized spacial score (nSPS) is 20.8. The summed E-state index contributed by atoms with van der Waals surface area (Å²) in [6.07, 6.45) is -2.95. The molecule has 10 heteroatoms. The first-order chi connectivity index (χ1) is 13.2. The minimum Gasteiger partial charge on any atom is -0.381 e. The largest absolute Gasteiger partial charge is 0.433 e. The third kappa shape index (κ3) is 3.24. The zero-order chi connectivity index (χ0) is 20.1. The predicted octanol–water partition coefficient (Wildman–Crippen LogP) is 1.99. The Kier molecular flexibility index (Phi) is 4.58. The Morgan fingerprint density at radius 2 is 1.93 bits per heavy atom. The summed E-state index contributed by atoms with van der Waals surface area (Å²) in [7, 11) is 2.04. The molecule has 2 fully saturated rings. The number of alkyl halides is 3. The highest BCUT2D eigenvalue weighted by Gasteiger charge is 2.43. The SMILES string of the molecule is Cc1cc(C(F)(F)F)n2nc(C(=O)N3CCN(C)C4(CCOCC4)C3)cc2n1. The van der Waals surface area contributed by atoms with Gasteiger partial charge < -0.3 is 9.64 Å². The number of carbonyl (C=O) groups is 1. The maximum absolute atomic E-state index is 13.3. The Morgan fingerprint density at radius 3 is 2.61 bits per heavy atom. The lowest BCUT2D eigenvalue weighted by Gasteiger charge is -2.51. The Balaban J connectivity index is 1.66. The highest BCUT2D eigenvalue weighted by molar-refractivity contribution is 5.93. The van der Waals surface area contributed by atoms with E-state index in [2.05, 4.69) is 15.0 Å². The van der Waals surface area contributed by atoms with Gasteiger partial charge >= 0.3 is 6.18 Å². The van der Waals surface area contributed by atoms with E-state index >= 15 is 0 Å². The van der Waals surface area contributed by atoms with Gasteiger partial charge in [0.15, 0.2) is 11.3 Å². The maximum Gasteiger partial charge on any atom is 0.433 e. The second kappa shape index (κ2) is 6.70. The van der Waals surface area contributed by atoms with Crippen LogP contribution < -0.4 is 0 Å². The van der Waals surface area contributed by atoms with Gasteiger partial charge in [0.2, 0.25) is 0 Å². The van der Waals surface area contributed by atoms with Crippen LogP contribution in [-0.4, -0.2) is 75.7 Å². The molecule has 7 nitrogen and oxygen atoms in total. The molecule has 0 bridgehead atoms. The van der Waals surface area contributed by atoms with Crippen LogP contribution in [0.4, 0.5) is 13.2 Å². The molecule has 2 saturated heterocycles. The molecule has 0 radical (unpaired) electrons. The van der Waals surface area contributed by atoms with E-state index in [1.165, 1.54) is 13.0 Å². The van der Waals surface area contributed by atoms with Crippen molar-refractivity contribution in [2.45, 2.75) is 31.5 Å². The number of ether oxygens (including phenoxy) is 1. The van der Waals surface area contributed by atoms with Crippen LogP contribution in [0.25, 0.3) is 5.65 Å². The fourth-order valence-corrected chi connectivity index (χ4v) is 4.10. The number of hydrogen-bond donors (Lipinski definition) is 0. The first-order valence-electron chi connectivity index (χ1n) is 9.22. The molecule has 0 aliphatic carbocycles.